The van der Waals surface area contributed by atoms with Gasteiger partial charge in [-0.15, -0.1) is 4.40 Å². The summed E-state index contributed by atoms with van der Waals surface area (Å²) in [6.07, 6.45) is 1.42. The molecule has 7 N–H and O–H groups in total. The van der Waals surface area contributed by atoms with E-state index in [0.29, 0.717) is 22.4 Å². The van der Waals surface area contributed by atoms with Gasteiger partial charge < -0.3 is 27.3 Å². The molecule has 0 saturated heterocycles. The summed E-state index contributed by atoms with van der Waals surface area (Å²) in [7, 11) is -3.64. The molecule has 3 rings (SSSR count). The Morgan fingerprint density at radius 3 is 2.74 bits per heavy atom. The van der Waals surface area contributed by atoms with Gasteiger partial charge >= 0.3 is 0 Å². The van der Waals surface area contributed by atoms with Crippen LogP contribution in [0.25, 0.3) is 0 Å². The Balaban J connectivity index is 1.73. The van der Waals surface area contributed by atoms with Gasteiger partial charge in [0.2, 0.25) is 0 Å². The van der Waals surface area contributed by atoms with Crippen molar-refractivity contribution in [1.29, 1.82) is 0 Å². The number of nitrogens with two attached hydrogens (primary N) is 3. The lowest BCUT2D eigenvalue weighted by atomic mass is 10.0. The molecule has 0 unspecified atom stereocenters. The van der Waals surface area contributed by atoms with Crippen molar-refractivity contribution >= 4 is 33.5 Å². The minimum atomic E-state index is -3.64. The maximum Gasteiger partial charge on any atom is 0.259 e. The Hall–Kier alpha value is -3.67. The van der Waals surface area contributed by atoms with Crippen molar-refractivity contribution in [2.45, 2.75) is 25.1 Å². The summed E-state index contributed by atoms with van der Waals surface area (Å²) in [6, 6.07) is 7.99. The normalized spacial score (nSPS) is 14.7. The topological polar surface area (TPSA) is 188 Å². The van der Waals surface area contributed by atoms with Crippen LogP contribution in [0.4, 0.5) is 5.82 Å². The fourth-order valence-electron chi connectivity index (χ4n) is 2.96. The summed E-state index contributed by atoms with van der Waals surface area (Å²) in [5, 5.41) is 2.87. The first kappa shape index (κ1) is 22.0. The minimum Gasteiger partial charge on any atom is -0.490 e. The molecule has 0 aliphatic carbocycles. The molecule has 2 heterocycles. The van der Waals surface area contributed by atoms with Crippen molar-refractivity contribution in [2.75, 3.05) is 6.61 Å². The number of aromatic nitrogens is 1. The number of fused-ring (bicyclic) bond motifs is 1. The summed E-state index contributed by atoms with van der Waals surface area (Å²) >= 11 is 0. The third kappa shape index (κ3) is 5.48. The van der Waals surface area contributed by atoms with Crippen molar-refractivity contribution in [3.8, 4) is 5.75 Å². The van der Waals surface area contributed by atoms with E-state index in [2.05, 4.69) is 19.7 Å². The van der Waals surface area contributed by atoms with Crippen LogP contribution in [0.5, 0.6) is 5.75 Å². The van der Waals surface area contributed by atoms with Crippen molar-refractivity contribution in [3.05, 3.63) is 53.2 Å². The molecule has 0 bridgehead atoms. The van der Waals surface area contributed by atoms with Gasteiger partial charge in [-0.05, 0) is 37.6 Å². The Labute approximate surface area is 179 Å². The van der Waals surface area contributed by atoms with Crippen LogP contribution in [0, 0.1) is 0 Å². The molecule has 0 fully saturated rings. The molecule has 164 valence electrons. The lowest BCUT2D eigenvalue weighted by Gasteiger charge is -2.27. The second kappa shape index (κ2) is 8.22. The van der Waals surface area contributed by atoms with Gasteiger partial charge in [-0.3, -0.25) is 4.79 Å². The van der Waals surface area contributed by atoms with Crippen molar-refractivity contribution in [3.63, 3.8) is 0 Å². The Bertz CT molecular complexity index is 1190. The largest absolute Gasteiger partial charge is 0.490 e. The average molecular weight is 446 g/mol. The Kier molecular flexibility index (Phi) is 5.84. The fraction of sp³-hybridized carbons (Fsp3) is 0.263. The number of guanidine groups is 1. The lowest BCUT2D eigenvalue weighted by molar-refractivity contribution is 0.0880. The molecule has 1 aliphatic heterocycles. The molecule has 1 aliphatic rings. The Morgan fingerprint density at radius 2 is 2.03 bits per heavy atom. The van der Waals surface area contributed by atoms with Crippen LogP contribution in [0.15, 0.2) is 45.9 Å². The molecule has 0 saturated carbocycles. The summed E-state index contributed by atoms with van der Waals surface area (Å²) in [5.74, 6) is -0.313. The number of carbonyl (C=O) groups excluding carboxylic acids is 1. The van der Waals surface area contributed by atoms with E-state index in [9.17, 15) is 13.2 Å². The van der Waals surface area contributed by atoms with Crippen LogP contribution in [-0.4, -0.2) is 43.2 Å². The highest BCUT2D eigenvalue weighted by molar-refractivity contribution is 7.89. The smallest absolute Gasteiger partial charge is 0.259 e. The number of sulfonamides is 1. The van der Waals surface area contributed by atoms with E-state index in [1.807, 2.05) is 0 Å². The third-order valence-electron chi connectivity index (χ3n) is 4.24. The minimum absolute atomic E-state index is 0.0844. The highest BCUT2D eigenvalue weighted by Gasteiger charge is 2.27. The van der Waals surface area contributed by atoms with Gasteiger partial charge in [-0.25, -0.2) is 13.4 Å². The van der Waals surface area contributed by atoms with Crippen LogP contribution >= 0.6 is 0 Å². The van der Waals surface area contributed by atoms with Crippen LogP contribution in [0.3, 0.4) is 0 Å². The van der Waals surface area contributed by atoms with Gasteiger partial charge in [0.1, 0.15) is 18.2 Å². The summed E-state index contributed by atoms with van der Waals surface area (Å²) < 4.78 is 33.1. The van der Waals surface area contributed by atoms with Gasteiger partial charge in [-0.1, -0.05) is 12.1 Å². The first-order valence-electron chi connectivity index (χ1n) is 9.17. The standard InChI is InChI=1S/C19H23N7O4S/c1-19(2,25-17(27)11-6-7-23-14(8-11)24-18(21)22)10-30-13-5-3-4-12-9-31(28,29)26-16(20)15(12)13/h3-8H,9-10H2,1-2H3,(H2,20,26)(H,25,27)(H4,21,22,23,24). The van der Waals surface area contributed by atoms with Crippen LogP contribution in [0.1, 0.15) is 35.3 Å². The summed E-state index contributed by atoms with van der Waals surface area (Å²) in [5.41, 5.74) is 17.0. The summed E-state index contributed by atoms with van der Waals surface area (Å²) in [4.78, 5) is 20.5. The maximum absolute atomic E-state index is 12.7. The van der Waals surface area contributed by atoms with Crippen LogP contribution in [-0.2, 0) is 15.8 Å². The SMILES string of the molecule is CC(C)(COc1cccc2c1C(N)=NS(=O)(=O)C2)NC(=O)c1ccnc(N=C(N)N)c1. The van der Waals surface area contributed by atoms with Gasteiger partial charge in [0.15, 0.2) is 11.8 Å². The molecule has 11 nitrogen and oxygen atoms in total. The number of aliphatic imine (C=N–C) groups is 1. The zero-order valence-corrected chi connectivity index (χ0v) is 17.8. The molecule has 0 radical (unpaired) electrons. The quantitative estimate of drug-likeness (QED) is 0.356. The molecule has 12 heteroatoms. The fourth-order valence-corrected chi connectivity index (χ4v) is 4.05. The van der Waals surface area contributed by atoms with Crippen molar-refractivity contribution < 1.29 is 17.9 Å². The first-order valence-corrected chi connectivity index (χ1v) is 10.8. The third-order valence-corrected chi connectivity index (χ3v) is 5.39. The number of hydrogen-bond donors (Lipinski definition) is 4. The molecule has 31 heavy (non-hydrogen) atoms. The lowest BCUT2D eigenvalue weighted by Crippen LogP contribution is -2.48. The number of hydrogen-bond acceptors (Lipinski definition) is 7. The first-order chi connectivity index (χ1) is 14.5. The van der Waals surface area contributed by atoms with E-state index in [4.69, 9.17) is 21.9 Å². The number of benzene rings is 1. The van der Waals surface area contributed by atoms with Crippen molar-refractivity contribution in [2.24, 2.45) is 26.6 Å². The molecule has 0 atom stereocenters. The molecule has 1 amide bonds. The average Bonchev–Trinajstić information content (AvgIpc) is 2.64. The molecule has 1 aromatic carbocycles. The van der Waals surface area contributed by atoms with E-state index in [0.717, 1.165) is 0 Å². The van der Waals surface area contributed by atoms with Crippen LogP contribution in [0.2, 0.25) is 0 Å². The van der Waals surface area contributed by atoms with Gasteiger partial charge in [0.05, 0.1) is 16.9 Å². The molecule has 1 aromatic heterocycles. The van der Waals surface area contributed by atoms with E-state index in [1.54, 1.807) is 32.0 Å². The second-order valence-corrected chi connectivity index (χ2v) is 9.19. The van der Waals surface area contributed by atoms with Crippen LogP contribution < -0.4 is 27.3 Å². The zero-order valence-electron chi connectivity index (χ0n) is 17.0. The zero-order chi connectivity index (χ0) is 22.8. The van der Waals surface area contributed by atoms with E-state index >= 15 is 0 Å². The maximum atomic E-state index is 12.7. The van der Waals surface area contributed by atoms with Gasteiger partial charge in [0, 0.05) is 11.8 Å². The highest BCUT2D eigenvalue weighted by Crippen LogP contribution is 2.28. The summed E-state index contributed by atoms with van der Waals surface area (Å²) in [6.45, 7) is 3.64. The number of ether oxygens (including phenoxy) is 1. The number of nitrogens with one attached hydrogen (secondary N) is 1. The molecule has 2 aromatic rings. The predicted molar refractivity (Wildman–Crippen MR) is 117 cm³/mol. The van der Waals surface area contributed by atoms with Gasteiger partial charge in [0.25, 0.3) is 15.9 Å². The van der Waals surface area contributed by atoms with E-state index in [-0.39, 0.29) is 35.9 Å². The molecular weight excluding hydrogens is 422 g/mol. The number of rotatable bonds is 6. The number of amides is 1. The van der Waals surface area contributed by atoms with E-state index in [1.165, 1.54) is 18.3 Å². The number of nitrogens with zero attached hydrogens (tertiary/aromatic N) is 3. The Morgan fingerprint density at radius 1 is 1.29 bits per heavy atom. The van der Waals surface area contributed by atoms with Gasteiger partial charge in [-0.2, -0.15) is 4.99 Å². The number of amidine groups is 1. The van der Waals surface area contributed by atoms with Crippen molar-refractivity contribution in [1.82, 2.24) is 10.3 Å². The number of carbonyl (C=O) groups is 1. The highest BCUT2D eigenvalue weighted by atomic mass is 32.2. The number of pyridine rings is 1. The molecular formula is C19H23N7O4S. The van der Waals surface area contributed by atoms with E-state index < -0.39 is 15.6 Å². The monoisotopic (exact) mass is 445 g/mol. The predicted octanol–water partition coefficient (Wildman–Crippen LogP) is 0.123. The second-order valence-electron chi connectivity index (χ2n) is 7.56. The molecule has 0 spiro atoms.